The van der Waals surface area contributed by atoms with Crippen LogP contribution in [0.5, 0.6) is 0 Å². The van der Waals surface area contributed by atoms with Gasteiger partial charge in [0.25, 0.3) is 0 Å². The van der Waals surface area contributed by atoms with Crippen molar-refractivity contribution in [3.63, 3.8) is 0 Å². The summed E-state index contributed by atoms with van der Waals surface area (Å²) in [6.45, 7) is 6.64. The summed E-state index contributed by atoms with van der Waals surface area (Å²) in [5.74, 6) is -0.552. The number of hydrogen-bond acceptors (Lipinski definition) is 4. The van der Waals surface area contributed by atoms with Gasteiger partial charge in [-0.15, -0.1) is 0 Å². The summed E-state index contributed by atoms with van der Waals surface area (Å²) in [7, 11) is 0. The van der Waals surface area contributed by atoms with Crippen LogP contribution in [0.25, 0.3) is 0 Å². The molecule has 3 N–H and O–H groups in total. The Balaban J connectivity index is 2.62. The largest absolute Gasteiger partial charge is 0.399 e. The Morgan fingerprint density at radius 2 is 1.86 bits per heavy atom. The van der Waals surface area contributed by atoms with Gasteiger partial charge < -0.3 is 11.1 Å². The Labute approximate surface area is 129 Å². The maximum Gasteiger partial charge on any atom is 0.228 e. The molecule has 0 heterocycles. The molecule has 1 aliphatic rings. The topological polar surface area (TPSA) is 87.2 Å². The zero-order chi connectivity index (χ0) is 16.6. The number of aryl methyl sites for hydroxylation is 1. The molecular formula is C17H19N3O2. The van der Waals surface area contributed by atoms with Crippen LogP contribution in [-0.2, 0) is 9.59 Å². The molecule has 0 radical (unpaired) electrons. The highest BCUT2D eigenvalue weighted by Crippen LogP contribution is 2.29. The van der Waals surface area contributed by atoms with Gasteiger partial charge >= 0.3 is 0 Å². The van der Waals surface area contributed by atoms with Crippen molar-refractivity contribution in [1.29, 1.82) is 5.41 Å². The number of hydrogen-bond donors (Lipinski definition) is 2. The number of nitrogens with zero attached hydrogens (tertiary/aromatic N) is 1. The quantitative estimate of drug-likeness (QED) is 0.650. The van der Waals surface area contributed by atoms with E-state index >= 15 is 0 Å². The molecule has 0 saturated carbocycles. The number of nitrogens with one attached hydrogen (secondary N) is 1. The first-order valence-electron chi connectivity index (χ1n) is 6.93. The summed E-state index contributed by atoms with van der Waals surface area (Å²) in [5.41, 5.74) is 9.43. The molecule has 0 saturated heterocycles. The Morgan fingerprint density at radius 3 is 2.41 bits per heavy atom. The number of benzene rings is 1. The van der Waals surface area contributed by atoms with E-state index in [1.54, 1.807) is 32.0 Å². The van der Waals surface area contributed by atoms with Crippen LogP contribution in [-0.4, -0.2) is 17.4 Å². The van der Waals surface area contributed by atoms with Crippen LogP contribution in [0.4, 0.5) is 11.4 Å². The van der Waals surface area contributed by atoms with Gasteiger partial charge in [-0.2, -0.15) is 0 Å². The third-order valence-corrected chi connectivity index (χ3v) is 3.76. The van der Waals surface area contributed by atoms with Crippen LogP contribution in [0.15, 0.2) is 41.1 Å². The van der Waals surface area contributed by atoms with Gasteiger partial charge in [-0.25, -0.2) is 0 Å². The predicted octanol–water partition coefficient (Wildman–Crippen LogP) is 2.75. The maximum absolute atomic E-state index is 12.4. The first-order valence-corrected chi connectivity index (χ1v) is 6.93. The van der Waals surface area contributed by atoms with Crippen LogP contribution in [0.3, 0.4) is 0 Å². The highest BCUT2D eigenvalue weighted by molar-refractivity contribution is 6.26. The number of carbonyl (C=O) groups excluding carboxylic acids is 2. The minimum absolute atomic E-state index is 0.229. The van der Waals surface area contributed by atoms with Crippen molar-refractivity contribution in [3.8, 4) is 0 Å². The standard InChI is InChI=1S/C17H19N3O2/c1-9-7-13(5-6-14(9)18)20(12(4)21)17-11(3)16(19)10(2)8-15(17)22/h5-8,19H,18H2,1-4H3. The summed E-state index contributed by atoms with van der Waals surface area (Å²) in [4.78, 5) is 25.9. The zero-order valence-corrected chi connectivity index (χ0v) is 13.2. The van der Waals surface area contributed by atoms with Crippen LogP contribution in [0.2, 0.25) is 0 Å². The number of nitrogen functional groups attached to an aromatic ring is 1. The number of rotatable bonds is 2. The Hall–Kier alpha value is -2.69. The number of ketones is 1. The maximum atomic E-state index is 12.4. The van der Waals surface area contributed by atoms with Crippen LogP contribution in [0, 0.1) is 12.3 Å². The number of amides is 1. The molecule has 5 heteroatoms. The lowest BCUT2D eigenvalue weighted by Gasteiger charge is -2.28. The van der Waals surface area contributed by atoms with Crippen molar-refractivity contribution in [1.82, 2.24) is 0 Å². The van der Waals surface area contributed by atoms with E-state index in [-0.39, 0.29) is 23.1 Å². The summed E-state index contributed by atoms with van der Waals surface area (Å²) < 4.78 is 0. The molecule has 114 valence electrons. The van der Waals surface area contributed by atoms with Gasteiger partial charge in [0.2, 0.25) is 11.7 Å². The molecule has 1 aliphatic carbocycles. The number of carbonyl (C=O) groups is 2. The Kier molecular flexibility index (Phi) is 3.99. The smallest absolute Gasteiger partial charge is 0.228 e. The molecule has 0 atom stereocenters. The third-order valence-electron chi connectivity index (χ3n) is 3.76. The molecule has 1 aromatic rings. The Morgan fingerprint density at radius 1 is 1.23 bits per heavy atom. The van der Waals surface area contributed by atoms with Gasteiger partial charge in [0.1, 0.15) is 5.70 Å². The average molecular weight is 297 g/mol. The van der Waals surface area contributed by atoms with E-state index in [1.165, 1.54) is 17.9 Å². The lowest BCUT2D eigenvalue weighted by molar-refractivity contribution is -0.118. The lowest BCUT2D eigenvalue weighted by atomic mass is 9.93. The van der Waals surface area contributed by atoms with E-state index in [1.807, 2.05) is 6.92 Å². The lowest BCUT2D eigenvalue weighted by Crippen LogP contribution is -2.35. The van der Waals surface area contributed by atoms with Crippen LogP contribution < -0.4 is 10.6 Å². The molecule has 2 rings (SSSR count). The zero-order valence-electron chi connectivity index (χ0n) is 13.2. The molecule has 0 aliphatic heterocycles. The van der Waals surface area contributed by atoms with Crippen molar-refractivity contribution in [2.75, 3.05) is 10.6 Å². The first kappa shape index (κ1) is 15.7. The fourth-order valence-corrected chi connectivity index (χ4v) is 2.48. The van der Waals surface area contributed by atoms with Crippen molar-refractivity contribution >= 4 is 28.8 Å². The minimum atomic E-state index is -0.285. The Bertz CT molecular complexity index is 757. The van der Waals surface area contributed by atoms with E-state index in [2.05, 4.69) is 0 Å². The molecule has 1 amide bonds. The number of nitrogens with two attached hydrogens (primary N) is 1. The molecular weight excluding hydrogens is 278 g/mol. The van der Waals surface area contributed by atoms with Crippen LogP contribution in [0.1, 0.15) is 26.3 Å². The fraction of sp³-hybridized carbons (Fsp3) is 0.235. The number of anilines is 2. The molecule has 5 nitrogen and oxygen atoms in total. The summed E-state index contributed by atoms with van der Waals surface area (Å²) in [5, 5.41) is 8.06. The average Bonchev–Trinajstić information content (AvgIpc) is 2.44. The molecule has 0 bridgehead atoms. The van der Waals surface area contributed by atoms with Gasteiger partial charge in [0.15, 0.2) is 0 Å². The predicted molar refractivity (Wildman–Crippen MR) is 87.9 cm³/mol. The van der Waals surface area contributed by atoms with Crippen molar-refractivity contribution < 1.29 is 9.59 Å². The van der Waals surface area contributed by atoms with Crippen molar-refractivity contribution in [2.24, 2.45) is 0 Å². The molecule has 0 spiro atoms. The van der Waals surface area contributed by atoms with E-state index in [4.69, 9.17) is 11.1 Å². The monoisotopic (exact) mass is 297 g/mol. The van der Waals surface area contributed by atoms with Crippen molar-refractivity contribution in [2.45, 2.75) is 27.7 Å². The third kappa shape index (κ3) is 2.57. The van der Waals surface area contributed by atoms with Gasteiger partial charge in [0.05, 0.1) is 5.71 Å². The summed E-state index contributed by atoms with van der Waals surface area (Å²) in [6.07, 6.45) is 1.39. The second-order valence-electron chi connectivity index (χ2n) is 5.44. The van der Waals surface area contributed by atoms with E-state index in [0.717, 1.165) is 5.56 Å². The van der Waals surface area contributed by atoms with E-state index in [9.17, 15) is 9.59 Å². The fourth-order valence-electron chi connectivity index (χ4n) is 2.48. The summed E-state index contributed by atoms with van der Waals surface area (Å²) >= 11 is 0. The highest BCUT2D eigenvalue weighted by Gasteiger charge is 2.29. The van der Waals surface area contributed by atoms with Gasteiger partial charge in [-0.3, -0.25) is 14.5 Å². The number of allylic oxidation sites excluding steroid dienone is 3. The van der Waals surface area contributed by atoms with E-state index in [0.29, 0.717) is 22.5 Å². The second-order valence-corrected chi connectivity index (χ2v) is 5.44. The van der Waals surface area contributed by atoms with Gasteiger partial charge in [0, 0.05) is 23.9 Å². The van der Waals surface area contributed by atoms with Gasteiger partial charge in [-0.1, -0.05) is 0 Å². The minimum Gasteiger partial charge on any atom is -0.399 e. The highest BCUT2D eigenvalue weighted by atomic mass is 16.2. The molecule has 22 heavy (non-hydrogen) atoms. The second kappa shape index (κ2) is 5.60. The first-order chi connectivity index (χ1) is 10.2. The molecule has 0 fully saturated rings. The normalized spacial score (nSPS) is 15.0. The van der Waals surface area contributed by atoms with Gasteiger partial charge in [-0.05, 0) is 56.2 Å². The van der Waals surface area contributed by atoms with E-state index < -0.39 is 0 Å². The SMILES string of the molecule is CC(=O)N(C1=C(C)C(=N)C(C)=CC1=O)c1ccc(N)c(C)c1. The molecule has 0 unspecified atom stereocenters. The summed E-state index contributed by atoms with van der Waals surface area (Å²) in [6, 6.07) is 5.17. The molecule has 0 aromatic heterocycles. The van der Waals surface area contributed by atoms with Crippen molar-refractivity contribution in [3.05, 3.63) is 46.7 Å². The van der Waals surface area contributed by atoms with Crippen LogP contribution >= 0.6 is 0 Å². The molecule has 1 aromatic carbocycles.